The molecule has 0 radical (unpaired) electrons. The first-order chi connectivity index (χ1) is 35.5. The number of esters is 3. The van der Waals surface area contributed by atoms with Gasteiger partial charge in [0.15, 0.2) is 6.10 Å². The molecule has 0 N–H and O–H groups in total. The van der Waals surface area contributed by atoms with Gasteiger partial charge in [0, 0.05) is 19.3 Å². The summed E-state index contributed by atoms with van der Waals surface area (Å²) in [4.78, 5) is 37.9. The maximum Gasteiger partial charge on any atom is 0.306 e. The first kappa shape index (κ1) is 69.6. The van der Waals surface area contributed by atoms with Crippen LogP contribution in [0.1, 0.15) is 348 Å². The quantitative estimate of drug-likeness (QED) is 0.0261. The number of allylic oxidation sites excluding steroid dienone is 6. The molecule has 0 heterocycles. The lowest BCUT2D eigenvalue weighted by molar-refractivity contribution is -0.167. The predicted molar refractivity (Wildman–Crippen MR) is 312 cm³/mol. The molecule has 1 atom stereocenters. The Labute approximate surface area is 448 Å². The second-order valence-corrected chi connectivity index (χ2v) is 21.7. The second kappa shape index (κ2) is 61.2. The summed E-state index contributed by atoms with van der Waals surface area (Å²) >= 11 is 0. The summed E-state index contributed by atoms with van der Waals surface area (Å²) in [5.41, 5.74) is 0. The van der Waals surface area contributed by atoms with Crippen molar-refractivity contribution in [2.24, 2.45) is 0 Å². The molecule has 0 rings (SSSR count). The highest BCUT2D eigenvalue weighted by molar-refractivity contribution is 5.71. The molecule has 6 heteroatoms. The van der Waals surface area contributed by atoms with Crippen LogP contribution in [0.25, 0.3) is 0 Å². The van der Waals surface area contributed by atoms with E-state index in [-0.39, 0.29) is 31.1 Å². The van der Waals surface area contributed by atoms with Gasteiger partial charge in [0.25, 0.3) is 0 Å². The van der Waals surface area contributed by atoms with Gasteiger partial charge in [-0.05, 0) is 57.8 Å². The fourth-order valence-electron chi connectivity index (χ4n) is 9.57. The van der Waals surface area contributed by atoms with Crippen LogP contribution in [-0.4, -0.2) is 37.2 Å². The van der Waals surface area contributed by atoms with E-state index in [2.05, 4.69) is 57.2 Å². The highest BCUT2D eigenvalue weighted by Crippen LogP contribution is 2.18. The zero-order valence-electron chi connectivity index (χ0n) is 48.5. The third-order valence-electron chi connectivity index (χ3n) is 14.4. The molecule has 0 aliphatic rings. The van der Waals surface area contributed by atoms with Gasteiger partial charge in [-0.3, -0.25) is 14.4 Å². The maximum atomic E-state index is 12.8. The van der Waals surface area contributed by atoms with E-state index in [0.29, 0.717) is 19.3 Å². The summed E-state index contributed by atoms with van der Waals surface area (Å²) in [7, 11) is 0. The molecule has 422 valence electrons. The van der Waals surface area contributed by atoms with Crippen LogP contribution >= 0.6 is 0 Å². The minimum absolute atomic E-state index is 0.0680. The Morgan fingerprint density at radius 2 is 0.500 bits per heavy atom. The second-order valence-electron chi connectivity index (χ2n) is 21.7. The first-order valence-corrected chi connectivity index (χ1v) is 32.0. The molecule has 0 bridgehead atoms. The van der Waals surface area contributed by atoms with Crippen molar-refractivity contribution < 1.29 is 28.6 Å². The first-order valence-electron chi connectivity index (χ1n) is 32.0. The molecule has 0 aliphatic carbocycles. The Hall–Kier alpha value is -2.37. The summed E-state index contributed by atoms with van der Waals surface area (Å²) in [5, 5.41) is 0. The van der Waals surface area contributed by atoms with Crippen LogP contribution in [0.5, 0.6) is 0 Å². The van der Waals surface area contributed by atoms with Gasteiger partial charge in [0.05, 0.1) is 0 Å². The lowest BCUT2D eigenvalue weighted by Gasteiger charge is -2.18. The largest absolute Gasteiger partial charge is 0.462 e. The van der Waals surface area contributed by atoms with Crippen molar-refractivity contribution in [2.45, 2.75) is 354 Å². The third kappa shape index (κ3) is 58.5. The molecule has 0 aromatic heterocycles. The Kier molecular flexibility index (Phi) is 59.2. The lowest BCUT2D eigenvalue weighted by Crippen LogP contribution is -2.30. The molecular formula is C66H122O6. The van der Waals surface area contributed by atoms with Crippen LogP contribution in [-0.2, 0) is 28.6 Å². The predicted octanol–water partition coefficient (Wildman–Crippen LogP) is 21.6. The molecule has 0 aromatic carbocycles. The summed E-state index contributed by atoms with van der Waals surface area (Å²) in [5.74, 6) is -0.861. The van der Waals surface area contributed by atoms with Gasteiger partial charge in [0.1, 0.15) is 13.2 Å². The minimum Gasteiger partial charge on any atom is -0.462 e. The van der Waals surface area contributed by atoms with Gasteiger partial charge >= 0.3 is 17.9 Å². The van der Waals surface area contributed by atoms with Gasteiger partial charge in [-0.25, -0.2) is 0 Å². The van der Waals surface area contributed by atoms with E-state index in [1.807, 2.05) is 0 Å². The van der Waals surface area contributed by atoms with Gasteiger partial charge in [-0.15, -0.1) is 0 Å². The molecule has 0 spiro atoms. The zero-order valence-corrected chi connectivity index (χ0v) is 48.5. The molecule has 0 saturated heterocycles. The summed E-state index contributed by atoms with van der Waals surface area (Å²) in [6, 6.07) is 0. The van der Waals surface area contributed by atoms with Crippen LogP contribution in [0.3, 0.4) is 0 Å². The number of ether oxygens (including phenoxy) is 3. The van der Waals surface area contributed by atoms with E-state index in [9.17, 15) is 14.4 Å². The van der Waals surface area contributed by atoms with Crippen LogP contribution in [0.4, 0.5) is 0 Å². The average Bonchev–Trinajstić information content (AvgIpc) is 3.38. The van der Waals surface area contributed by atoms with Crippen molar-refractivity contribution in [3.8, 4) is 0 Å². The highest BCUT2D eigenvalue weighted by Gasteiger charge is 2.19. The molecule has 0 aromatic rings. The van der Waals surface area contributed by atoms with Gasteiger partial charge in [0.2, 0.25) is 0 Å². The normalized spacial score (nSPS) is 12.2. The van der Waals surface area contributed by atoms with Crippen LogP contribution in [0.15, 0.2) is 36.5 Å². The minimum atomic E-state index is -0.765. The molecule has 6 nitrogen and oxygen atoms in total. The summed E-state index contributed by atoms with van der Waals surface area (Å²) in [6.45, 7) is 6.60. The summed E-state index contributed by atoms with van der Waals surface area (Å²) in [6.07, 6.45) is 74.9. The Morgan fingerprint density at radius 3 is 0.778 bits per heavy atom. The highest BCUT2D eigenvalue weighted by atomic mass is 16.6. The monoisotopic (exact) mass is 1010 g/mol. The Bertz CT molecular complexity index is 1210. The smallest absolute Gasteiger partial charge is 0.306 e. The molecule has 0 fully saturated rings. The van der Waals surface area contributed by atoms with Crippen LogP contribution < -0.4 is 0 Å². The van der Waals surface area contributed by atoms with Crippen LogP contribution in [0, 0.1) is 0 Å². The van der Waals surface area contributed by atoms with E-state index in [0.717, 1.165) is 77.0 Å². The van der Waals surface area contributed by atoms with Gasteiger partial charge in [-0.2, -0.15) is 0 Å². The van der Waals surface area contributed by atoms with Crippen molar-refractivity contribution in [1.29, 1.82) is 0 Å². The Balaban J connectivity index is 3.97. The number of carbonyl (C=O) groups is 3. The van der Waals surface area contributed by atoms with Crippen molar-refractivity contribution in [1.82, 2.24) is 0 Å². The number of hydrogen-bond acceptors (Lipinski definition) is 6. The standard InChI is InChI=1S/C66H122O6/c1-4-7-10-13-15-17-19-21-23-25-27-29-30-31-32-33-34-35-36-37-39-40-42-44-46-48-50-53-56-59-65(68)71-62-63(61-70-64(67)58-55-52-12-9-6-3)72-66(69)60-57-54-51-49-47-45-43-41-38-28-26-24-22-20-18-16-14-11-8-5-2/h19,21,25,27,30-31,63H,4-18,20,22-24,26,28-29,32-62H2,1-3H3/b21-19-,27-25-,31-30-. The molecular weight excluding hydrogens is 889 g/mol. The molecule has 72 heavy (non-hydrogen) atoms. The van der Waals surface area contributed by atoms with Crippen molar-refractivity contribution in [3.05, 3.63) is 36.5 Å². The van der Waals surface area contributed by atoms with Crippen molar-refractivity contribution >= 4 is 17.9 Å². The fraction of sp³-hybridized carbons (Fsp3) is 0.864. The molecule has 1 unspecified atom stereocenters. The zero-order chi connectivity index (χ0) is 52.2. The summed E-state index contributed by atoms with van der Waals surface area (Å²) < 4.78 is 16.8. The average molecular weight is 1010 g/mol. The van der Waals surface area contributed by atoms with E-state index >= 15 is 0 Å². The fourth-order valence-corrected chi connectivity index (χ4v) is 9.57. The van der Waals surface area contributed by atoms with Crippen molar-refractivity contribution in [2.75, 3.05) is 13.2 Å². The van der Waals surface area contributed by atoms with Crippen molar-refractivity contribution in [3.63, 3.8) is 0 Å². The van der Waals surface area contributed by atoms with E-state index < -0.39 is 6.10 Å². The van der Waals surface area contributed by atoms with E-state index in [1.165, 1.54) is 231 Å². The third-order valence-corrected chi connectivity index (χ3v) is 14.4. The number of rotatable bonds is 59. The number of hydrogen-bond donors (Lipinski definition) is 0. The topological polar surface area (TPSA) is 78.9 Å². The number of unbranched alkanes of at least 4 members (excludes halogenated alkanes) is 42. The molecule has 0 saturated carbocycles. The van der Waals surface area contributed by atoms with Gasteiger partial charge in [-0.1, -0.05) is 308 Å². The maximum absolute atomic E-state index is 12.8. The number of carbonyl (C=O) groups excluding carboxylic acids is 3. The van der Waals surface area contributed by atoms with Gasteiger partial charge < -0.3 is 14.2 Å². The van der Waals surface area contributed by atoms with E-state index in [4.69, 9.17) is 14.2 Å². The van der Waals surface area contributed by atoms with Crippen LogP contribution in [0.2, 0.25) is 0 Å². The lowest BCUT2D eigenvalue weighted by atomic mass is 10.0. The molecule has 0 amide bonds. The van der Waals surface area contributed by atoms with E-state index in [1.54, 1.807) is 0 Å². The SMILES string of the molecule is CCCCCCC/C=C\C/C=C\C/C=C\CCCCCCCCCCCCCCCCC(=O)OCC(COC(=O)CCCCCCC)OC(=O)CCCCCCCCCCCCCCCCCCCCCC. The molecule has 0 aliphatic heterocycles. The Morgan fingerprint density at radius 1 is 0.278 bits per heavy atom.